The van der Waals surface area contributed by atoms with Crippen molar-refractivity contribution < 1.29 is 9.53 Å². The third kappa shape index (κ3) is 6.17. The highest BCUT2D eigenvalue weighted by atomic mass is 16.6. The predicted octanol–water partition coefficient (Wildman–Crippen LogP) is 3.19. The van der Waals surface area contributed by atoms with E-state index >= 15 is 0 Å². The van der Waals surface area contributed by atoms with Gasteiger partial charge in [-0.15, -0.1) is 0 Å². The molecule has 2 N–H and O–H groups in total. The van der Waals surface area contributed by atoms with Gasteiger partial charge >= 0.3 is 6.09 Å². The molecule has 1 aromatic carbocycles. The van der Waals surface area contributed by atoms with Gasteiger partial charge in [-0.05, 0) is 52.3 Å². The number of carbonyl (C=O) groups is 1. The molecule has 1 atom stereocenters. The Morgan fingerprint density at radius 1 is 1.43 bits per heavy atom. The molecule has 0 bridgehead atoms. The minimum Gasteiger partial charge on any atom is -0.444 e. The Bertz CT molecular complexity index is 541. The molecular formula is C16H23N3O2. The Kier molecular flexibility index (Phi) is 5.60. The molecule has 0 saturated carbocycles. The lowest BCUT2D eigenvalue weighted by Gasteiger charge is -2.22. The van der Waals surface area contributed by atoms with Gasteiger partial charge in [0.2, 0.25) is 0 Å². The van der Waals surface area contributed by atoms with Crippen LogP contribution in [0.3, 0.4) is 0 Å². The van der Waals surface area contributed by atoms with Crippen LogP contribution in [0, 0.1) is 18.3 Å². The van der Waals surface area contributed by atoms with Crippen molar-refractivity contribution in [2.45, 2.75) is 46.3 Å². The number of aryl methyl sites for hydroxylation is 1. The fourth-order valence-corrected chi connectivity index (χ4v) is 1.71. The van der Waals surface area contributed by atoms with Gasteiger partial charge in [0.25, 0.3) is 0 Å². The van der Waals surface area contributed by atoms with Crippen LogP contribution in [-0.2, 0) is 4.74 Å². The van der Waals surface area contributed by atoms with Crippen LogP contribution in [0.25, 0.3) is 0 Å². The van der Waals surface area contributed by atoms with E-state index in [0.29, 0.717) is 12.1 Å². The Labute approximate surface area is 126 Å². The Morgan fingerprint density at radius 2 is 2.10 bits per heavy atom. The highest BCUT2D eigenvalue weighted by Crippen LogP contribution is 2.17. The van der Waals surface area contributed by atoms with E-state index in [1.165, 1.54) is 0 Å². The highest BCUT2D eigenvalue weighted by Gasteiger charge is 2.16. The van der Waals surface area contributed by atoms with Crippen LogP contribution < -0.4 is 10.6 Å². The summed E-state index contributed by atoms with van der Waals surface area (Å²) in [7, 11) is 0. The quantitative estimate of drug-likeness (QED) is 0.892. The zero-order valence-corrected chi connectivity index (χ0v) is 13.3. The number of nitrogens with one attached hydrogen (secondary N) is 2. The van der Waals surface area contributed by atoms with Gasteiger partial charge in [0.15, 0.2) is 0 Å². The average Bonchev–Trinajstić information content (AvgIpc) is 2.37. The summed E-state index contributed by atoms with van der Waals surface area (Å²) in [5.74, 6) is 0. The van der Waals surface area contributed by atoms with Crippen molar-refractivity contribution in [1.29, 1.82) is 5.26 Å². The van der Waals surface area contributed by atoms with Crippen LogP contribution in [-0.4, -0.2) is 24.3 Å². The number of benzene rings is 1. The number of rotatable bonds is 4. The first-order valence-electron chi connectivity index (χ1n) is 6.95. The number of hydrogen-bond acceptors (Lipinski definition) is 4. The van der Waals surface area contributed by atoms with E-state index in [1.807, 2.05) is 40.7 Å². The molecule has 0 spiro atoms. The van der Waals surface area contributed by atoms with Crippen LogP contribution in [0.1, 0.15) is 38.8 Å². The molecular weight excluding hydrogens is 266 g/mol. The van der Waals surface area contributed by atoms with Crippen molar-refractivity contribution in [1.82, 2.24) is 5.32 Å². The predicted molar refractivity (Wildman–Crippen MR) is 83.2 cm³/mol. The van der Waals surface area contributed by atoms with Gasteiger partial charge in [-0.1, -0.05) is 6.07 Å². The van der Waals surface area contributed by atoms with E-state index in [4.69, 9.17) is 10.00 Å². The second kappa shape index (κ2) is 6.98. The van der Waals surface area contributed by atoms with Gasteiger partial charge in [-0.2, -0.15) is 5.26 Å². The number of hydrogen-bond donors (Lipinski definition) is 2. The monoisotopic (exact) mass is 289 g/mol. The molecule has 0 fully saturated rings. The van der Waals surface area contributed by atoms with E-state index in [2.05, 4.69) is 16.7 Å². The van der Waals surface area contributed by atoms with Crippen molar-refractivity contribution in [2.24, 2.45) is 0 Å². The van der Waals surface area contributed by atoms with Crippen molar-refractivity contribution >= 4 is 11.8 Å². The maximum absolute atomic E-state index is 11.6. The summed E-state index contributed by atoms with van der Waals surface area (Å²) < 4.78 is 5.18. The zero-order valence-electron chi connectivity index (χ0n) is 13.3. The maximum atomic E-state index is 11.6. The molecule has 5 nitrogen and oxygen atoms in total. The van der Waals surface area contributed by atoms with Crippen molar-refractivity contribution in [3.8, 4) is 6.07 Å². The molecule has 1 unspecified atom stereocenters. The number of ether oxygens (including phenoxy) is 1. The van der Waals surface area contributed by atoms with E-state index in [9.17, 15) is 4.79 Å². The number of amides is 1. The zero-order chi connectivity index (χ0) is 16.0. The van der Waals surface area contributed by atoms with Crippen LogP contribution >= 0.6 is 0 Å². The summed E-state index contributed by atoms with van der Waals surface area (Å²) in [4.78, 5) is 11.6. The molecule has 0 aliphatic rings. The van der Waals surface area contributed by atoms with Crippen molar-refractivity contribution in [3.63, 3.8) is 0 Å². The maximum Gasteiger partial charge on any atom is 0.407 e. The highest BCUT2D eigenvalue weighted by molar-refractivity contribution is 5.67. The molecule has 0 radical (unpaired) electrons. The first-order chi connectivity index (χ1) is 9.71. The smallest absolute Gasteiger partial charge is 0.407 e. The van der Waals surface area contributed by atoms with Crippen molar-refractivity contribution in [2.75, 3.05) is 11.9 Å². The van der Waals surface area contributed by atoms with Gasteiger partial charge in [0.1, 0.15) is 5.60 Å². The lowest BCUT2D eigenvalue weighted by molar-refractivity contribution is 0.0526. The van der Waals surface area contributed by atoms with Gasteiger partial charge < -0.3 is 15.4 Å². The van der Waals surface area contributed by atoms with Crippen LogP contribution in [0.5, 0.6) is 0 Å². The molecule has 0 aliphatic carbocycles. The number of nitriles is 1. The molecule has 0 aliphatic heterocycles. The third-order valence-electron chi connectivity index (χ3n) is 2.72. The second-order valence-electron chi connectivity index (χ2n) is 6.07. The number of alkyl carbamates (subject to hydrolysis) is 1. The molecule has 5 heteroatoms. The Morgan fingerprint density at radius 3 is 2.67 bits per heavy atom. The molecule has 0 heterocycles. The number of anilines is 1. The fourth-order valence-electron chi connectivity index (χ4n) is 1.71. The molecule has 1 rings (SSSR count). The molecule has 1 amide bonds. The molecule has 0 saturated heterocycles. The normalized spacial score (nSPS) is 12.2. The number of nitrogens with zero attached hydrogens (tertiary/aromatic N) is 1. The lowest BCUT2D eigenvalue weighted by atomic mass is 10.1. The van der Waals surface area contributed by atoms with Crippen LogP contribution in [0.4, 0.5) is 10.5 Å². The van der Waals surface area contributed by atoms with Crippen LogP contribution in [0.2, 0.25) is 0 Å². The summed E-state index contributed by atoms with van der Waals surface area (Å²) in [5, 5.41) is 14.9. The summed E-state index contributed by atoms with van der Waals surface area (Å²) in [6.07, 6.45) is -0.432. The van der Waals surface area contributed by atoms with Gasteiger partial charge in [-0.3, -0.25) is 0 Å². The standard InChI is InChI=1S/C16H23N3O2/c1-11-6-7-13(9-17)8-14(11)19-12(2)10-18-15(20)21-16(3,4)5/h6-8,12,19H,10H2,1-5H3,(H,18,20). The number of carbonyl (C=O) groups excluding carboxylic acids is 1. The molecule has 1 aromatic rings. The minimum absolute atomic E-state index is 0.0187. The second-order valence-corrected chi connectivity index (χ2v) is 6.07. The molecule has 21 heavy (non-hydrogen) atoms. The molecule has 114 valence electrons. The van der Waals surface area contributed by atoms with E-state index in [1.54, 1.807) is 12.1 Å². The van der Waals surface area contributed by atoms with Gasteiger partial charge in [0, 0.05) is 18.3 Å². The van der Waals surface area contributed by atoms with E-state index < -0.39 is 11.7 Å². The average molecular weight is 289 g/mol. The summed E-state index contributed by atoms with van der Waals surface area (Å²) >= 11 is 0. The first kappa shape index (κ1) is 16.8. The van der Waals surface area contributed by atoms with Gasteiger partial charge in [-0.25, -0.2) is 4.79 Å². The summed E-state index contributed by atoms with van der Waals surface area (Å²) in [5.41, 5.74) is 2.06. The molecule has 0 aromatic heterocycles. The SMILES string of the molecule is Cc1ccc(C#N)cc1NC(C)CNC(=O)OC(C)(C)C. The first-order valence-corrected chi connectivity index (χ1v) is 6.95. The summed E-state index contributed by atoms with van der Waals surface area (Å²) in [6, 6.07) is 7.62. The minimum atomic E-state index is -0.502. The van der Waals surface area contributed by atoms with Gasteiger partial charge in [0.05, 0.1) is 11.6 Å². The topological polar surface area (TPSA) is 74.2 Å². The van der Waals surface area contributed by atoms with E-state index in [0.717, 1.165) is 11.3 Å². The third-order valence-corrected chi connectivity index (χ3v) is 2.72. The van der Waals surface area contributed by atoms with Crippen molar-refractivity contribution in [3.05, 3.63) is 29.3 Å². The summed E-state index contributed by atoms with van der Waals surface area (Å²) in [6.45, 7) is 9.83. The largest absolute Gasteiger partial charge is 0.444 e. The Balaban J connectivity index is 2.53. The van der Waals surface area contributed by atoms with E-state index in [-0.39, 0.29) is 6.04 Å². The lowest BCUT2D eigenvalue weighted by Crippen LogP contribution is -2.38. The van der Waals surface area contributed by atoms with Crippen LogP contribution in [0.15, 0.2) is 18.2 Å². The fraction of sp³-hybridized carbons (Fsp3) is 0.500. The Hall–Kier alpha value is -2.22.